The molecule has 2 N–H and O–H groups in total. The minimum absolute atomic E-state index is 0.0684. The van der Waals surface area contributed by atoms with Crippen LogP contribution in [0, 0.1) is 19.8 Å². The van der Waals surface area contributed by atoms with Crippen molar-refractivity contribution >= 4 is 0 Å². The van der Waals surface area contributed by atoms with Crippen molar-refractivity contribution in [1.29, 1.82) is 0 Å². The molecular formula is C17H27N. The Hall–Kier alpha value is -0.820. The monoisotopic (exact) mass is 245 g/mol. The van der Waals surface area contributed by atoms with Crippen molar-refractivity contribution in [3.05, 3.63) is 34.9 Å². The Morgan fingerprint density at radius 1 is 1.11 bits per heavy atom. The normalized spacial score (nSPS) is 28.3. The molecule has 1 aromatic carbocycles. The maximum atomic E-state index is 6.68. The number of hydrogen-bond donors (Lipinski definition) is 1. The Morgan fingerprint density at radius 2 is 1.67 bits per heavy atom. The van der Waals surface area contributed by atoms with E-state index in [0.717, 1.165) is 18.8 Å². The second kappa shape index (κ2) is 5.44. The van der Waals surface area contributed by atoms with E-state index in [4.69, 9.17) is 5.73 Å². The third-order valence-electron chi connectivity index (χ3n) is 4.49. The molecule has 0 bridgehead atoms. The van der Waals surface area contributed by atoms with Gasteiger partial charge in [0, 0.05) is 5.54 Å². The average molecular weight is 245 g/mol. The molecule has 1 heteroatoms. The van der Waals surface area contributed by atoms with Gasteiger partial charge in [0.1, 0.15) is 0 Å². The zero-order valence-electron chi connectivity index (χ0n) is 12.1. The minimum Gasteiger partial charge on any atom is -0.321 e. The summed E-state index contributed by atoms with van der Waals surface area (Å²) < 4.78 is 0. The van der Waals surface area contributed by atoms with Crippen molar-refractivity contribution in [2.45, 2.75) is 64.8 Å². The van der Waals surface area contributed by atoms with Crippen LogP contribution in [0.1, 0.15) is 62.1 Å². The SMILES string of the molecule is CCCC1CCC(N)(c2cc(C)cc(C)c2)CC1. The van der Waals surface area contributed by atoms with Crippen molar-refractivity contribution < 1.29 is 0 Å². The van der Waals surface area contributed by atoms with Crippen molar-refractivity contribution in [1.82, 2.24) is 0 Å². The molecule has 1 aliphatic rings. The second-order valence-electron chi connectivity index (χ2n) is 6.26. The Morgan fingerprint density at radius 3 is 2.17 bits per heavy atom. The summed E-state index contributed by atoms with van der Waals surface area (Å²) in [6.45, 7) is 6.62. The molecule has 2 rings (SSSR count). The van der Waals surface area contributed by atoms with Crippen LogP contribution in [0.15, 0.2) is 18.2 Å². The van der Waals surface area contributed by atoms with Gasteiger partial charge in [-0.15, -0.1) is 0 Å². The predicted molar refractivity (Wildman–Crippen MR) is 78.6 cm³/mol. The molecule has 1 fully saturated rings. The van der Waals surface area contributed by atoms with Crippen LogP contribution in [0.25, 0.3) is 0 Å². The van der Waals surface area contributed by atoms with E-state index in [9.17, 15) is 0 Å². The summed E-state index contributed by atoms with van der Waals surface area (Å²) in [5.74, 6) is 0.914. The van der Waals surface area contributed by atoms with Gasteiger partial charge in [0.05, 0.1) is 0 Å². The quantitative estimate of drug-likeness (QED) is 0.836. The standard InChI is InChI=1S/C17H27N/c1-4-5-15-6-8-17(18,9-7-15)16-11-13(2)10-14(3)12-16/h10-12,15H,4-9,18H2,1-3H3. The third-order valence-corrected chi connectivity index (χ3v) is 4.49. The Bertz CT molecular complexity index is 380. The van der Waals surface area contributed by atoms with Gasteiger partial charge in [-0.3, -0.25) is 0 Å². The fraction of sp³-hybridized carbons (Fsp3) is 0.647. The van der Waals surface area contributed by atoms with E-state index in [1.54, 1.807) is 0 Å². The molecule has 0 spiro atoms. The Labute approximate surface area is 112 Å². The molecule has 1 saturated carbocycles. The van der Waals surface area contributed by atoms with Crippen LogP contribution in [-0.2, 0) is 5.54 Å². The summed E-state index contributed by atoms with van der Waals surface area (Å²) in [6.07, 6.45) is 7.60. The molecule has 0 aliphatic heterocycles. The molecular weight excluding hydrogens is 218 g/mol. The molecule has 1 aliphatic carbocycles. The maximum Gasteiger partial charge on any atom is 0.0410 e. The lowest BCUT2D eigenvalue weighted by molar-refractivity contribution is 0.226. The Balaban J connectivity index is 2.13. The fourth-order valence-electron chi connectivity index (χ4n) is 3.44. The Kier molecular flexibility index (Phi) is 4.11. The second-order valence-corrected chi connectivity index (χ2v) is 6.26. The largest absolute Gasteiger partial charge is 0.321 e. The minimum atomic E-state index is -0.0684. The van der Waals surface area contributed by atoms with Crippen molar-refractivity contribution in [2.75, 3.05) is 0 Å². The molecule has 0 saturated heterocycles. The van der Waals surface area contributed by atoms with Gasteiger partial charge in [-0.05, 0) is 51.0 Å². The molecule has 18 heavy (non-hydrogen) atoms. The van der Waals surface area contributed by atoms with E-state index in [0.29, 0.717) is 0 Å². The van der Waals surface area contributed by atoms with Gasteiger partial charge in [0.25, 0.3) is 0 Å². The number of nitrogens with two attached hydrogens (primary N) is 1. The van der Waals surface area contributed by atoms with Gasteiger partial charge in [-0.25, -0.2) is 0 Å². The third kappa shape index (κ3) is 2.95. The first-order valence-electron chi connectivity index (χ1n) is 7.41. The summed E-state index contributed by atoms with van der Waals surface area (Å²) in [5, 5.41) is 0. The van der Waals surface area contributed by atoms with Crippen LogP contribution in [0.4, 0.5) is 0 Å². The molecule has 0 atom stereocenters. The highest BCUT2D eigenvalue weighted by molar-refractivity contribution is 5.33. The number of benzene rings is 1. The number of hydrogen-bond acceptors (Lipinski definition) is 1. The highest BCUT2D eigenvalue weighted by atomic mass is 14.7. The predicted octanol–water partition coefficient (Wildman–Crippen LogP) is 4.45. The smallest absolute Gasteiger partial charge is 0.0410 e. The lowest BCUT2D eigenvalue weighted by Gasteiger charge is -2.38. The zero-order valence-corrected chi connectivity index (χ0v) is 12.1. The summed E-state index contributed by atoms with van der Waals surface area (Å²) in [5.41, 5.74) is 10.6. The molecule has 100 valence electrons. The van der Waals surface area contributed by atoms with E-state index < -0.39 is 0 Å². The van der Waals surface area contributed by atoms with Gasteiger partial charge in [-0.2, -0.15) is 0 Å². The van der Waals surface area contributed by atoms with E-state index in [-0.39, 0.29) is 5.54 Å². The fourth-order valence-corrected chi connectivity index (χ4v) is 3.44. The molecule has 0 amide bonds. The van der Waals surface area contributed by atoms with Crippen LogP contribution < -0.4 is 5.73 Å². The van der Waals surface area contributed by atoms with Gasteiger partial charge >= 0.3 is 0 Å². The van der Waals surface area contributed by atoms with Crippen molar-refractivity contribution in [2.24, 2.45) is 11.7 Å². The van der Waals surface area contributed by atoms with Gasteiger partial charge < -0.3 is 5.73 Å². The number of aryl methyl sites for hydroxylation is 2. The zero-order chi connectivity index (χ0) is 13.2. The molecule has 0 unspecified atom stereocenters. The summed E-state index contributed by atoms with van der Waals surface area (Å²) >= 11 is 0. The highest BCUT2D eigenvalue weighted by Crippen LogP contribution is 2.39. The van der Waals surface area contributed by atoms with E-state index >= 15 is 0 Å². The summed E-state index contributed by atoms with van der Waals surface area (Å²) in [4.78, 5) is 0. The van der Waals surface area contributed by atoms with E-state index in [1.165, 1.54) is 42.4 Å². The van der Waals surface area contributed by atoms with E-state index in [2.05, 4.69) is 39.0 Å². The number of rotatable bonds is 3. The van der Waals surface area contributed by atoms with Gasteiger partial charge in [-0.1, -0.05) is 49.1 Å². The first-order chi connectivity index (χ1) is 8.53. The molecule has 0 aromatic heterocycles. The lowest BCUT2D eigenvalue weighted by atomic mass is 9.72. The maximum absolute atomic E-state index is 6.68. The van der Waals surface area contributed by atoms with Crippen LogP contribution in [-0.4, -0.2) is 0 Å². The van der Waals surface area contributed by atoms with Crippen molar-refractivity contribution in [3.8, 4) is 0 Å². The van der Waals surface area contributed by atoms with Crippen LogP contribution in [0.5, 0.6) is 0 Å². The molecule has 0 heterocycles. The van der Waals surface area contributed by atoms with Crippen LogP contribution in [0.3, 0.4) is 0 Å². The first kappa shape index (κ1) is 13.6. The average Bonchev–Trinajstić information content (AvgIpc) is 2.31. The molecule has 1 nitrogen and oxygen atoms in total. The molecule has 0 radical (unpaired) electrons. The van der Waals surface area contributed by atoms with Gasteiger partial charge in [0.15, 0.2) is 0 Å². The van der Waals surface area contributed by atoms with Crippen LogP contribution >= 0.6 is 0 Å². The first-order valence-corrected chi connectivity index (χ1v) is 7.41. The van der Waals surface area contributed by atoms with Gasteiger partial charge in [0.2, 0.25) is 0 Å². The van der Waals surface area contributed by atoms with E-state index in [1.807, 2.05) is 0 Å². The summed E-state index contributed by atoms with van der Waals surface area (Å²) in [7, 11) is 0. The topological polar surface area (TPSA) is 26.0 Å². The highest BCUT2D eigenvalue weighted by Gasteiger charge is 2.32. The van der Waals surface area contributed by atoms with Crippen LogP contribution in [0.2, 0.25) is 0 Å². The van der Waals surface area contributed by atoms with Crippen molar-refractivity contribution in [3.63, 3.8) is 0 Å². The lowest BCUT2D eigenvalue weighted by Crippen LogP contribution is -2.40. The molecule has 1 aromatic rings. The summed E-state index contributed by atoms with van der Waals surface area (Å²) in [6, 6.07) is 6.80.